The number of rotatable bonds is 4. The van der Waals surface area contributed by atoms with Crippen LogP contribution in [0.1, 0.15) is 11.1 Å². The fraction of sp³-hybridized carbons (Fsp3) is 0. The zero-order valence-corrected chi connectivity index (χ0v) is 14.5. The summed E-state index contributed by atoms with van der Waals surface area (Å²) in [6, 6.07) is 27.7. The van der Waals surface area contributed by atoms with Gasteiger partial charge in [-0.05, 0) is 24.3 Å². The van der Waals surface area contributed by atoms with E-state index in [1.54, 1.807) is 0 Å². The van der Waals surface area contributed by atoms with E-state index in [9.17, 15) is 0 Å². The lowest BCUT2D eigenvalue weighted by atomic mass is 10.2. The third-order valence-electron chi connectivity index (χ3n) is 3.47. The van der Waals surface area contributed by atoms with Gasteiger partial charge in [0, 0.05) is 22.5 Å². The second-order valence-electron chi connectivity index (χ2n) is 5.22. The Morgan fingerprint density at radius 3 is 1.17 bits per heavy atom. The van der Waals surface area contributed by atoms with E-state index in [1.807, 2.05) is 84.9 Å². The summed E-state index contributed by atoms with van der Waals surface area (Å²) in [5, 5.41) is 6.48. The number of hydrogen-bond donors (Lipinski definition) is 2. The summed E-state index contributed by atoms with van der Waals surface area (Å²) in [6.07, 6.45) is 0. The van der Waals surface area contributed by atoms with Crippen LogP contribution in [0.4, 0.5) is 11.4 Å². The van der Waals surface area contributed by atoms with Gasteiger partial charge in [0.15, 0.2) is 0 Å². The molecule has 0 heterocycles. The molecule has 3 aromatic rings. The molecule has 0 aliphatic carbocycles. The molecule has 0 unspecified atom stereocenters. The minimum absolute atomic E-state index is 0.705. The Kier molecular flexibility index (Phi) is 5.31. The highest BCUT2D eigenvalue weighted by atomic mass is 32.1. The van der Waals surface area contributed by atoms with E-state index in [0.29, 0.717) is 9.98 Å². The molecule has 2 N–H and O–H groups in total. The van der Waals surface area contributed by atoms with Crippen molar-refractivity contribution in [3.8, 4) is 0 Å². The lowest BCUT2D eigenvalue weighted by molar-refractivity contribution is 1.58. The molecule has 0 atom stereocenters. The summed E-state index contributed by atoms with van der Waals surface area (Å²) in [5.74, 6) is 0. The lowest BCUT2D eigenvalue weighted by Gasteiger charge is -2.11. The normalized spacial score (nSPS) is 10.0. The Morgan fingerprint density at radius 2 is 0.833 bits per heavy atom. The van der Waals surface area contributed by atoms with E-state index < -0.39 is 0 Å². The smallest absolute Gasteiger partial charge is 0.110 e. The molecular formula is C20H16N2S2. The zero-order valence-electron chi connectivity index (χ0n) is 12.9. The highest BCUT2D eigenvalue weighted by Crippen LogP contribution is 2.16. The summed E-state index contributed by atoms with van der Waals surface area (Å²) in [7, 11) is 0. The van der Waals surface area contributed by atoms with Gasteiger partial charge in [-0.2, -0.15) is 0 Å². The molecule has 0 saturated carbocycles. The quantitative estimate of drug-likeness (QED) is 0.628. The standard InChI is InChI=1S/C20H16N2S2/c23-19(15-7-3-1-4-8-15)21-17-11-13-18(14-12-17)22-20(24)16-9-5-2-6-10-16/h1-14H,(H,21,23)(H,22,24). The number of nitrogens with one attached hydrogen (secondary N) is 2. The molecule has 0 aliphatic rings. The largest absolute Gasteiger partial charge is 0.346 e. The molecule has 0 bridgehead atoms. The molecule has 3 aromatic carbocycles. The summed E-state index contributed by atoms with van der Waals surface area (Å²) in [4.78, 5) is 1.41. The summed E-state index contributed by atoms with van der Waals surface area (Å²) in [5.41, 5.74) is 3.89. The maximum Gasteiger partial charge on any atom is 0.110 e. The Morgan fingerprint density at radius 1 is 0.500 bits per heavy atom. The first-order valence-electron chi connectivity index (χ1n) is 7.55. The van der Waals surface area contributed by atoms with Gasteiger partial charge in [-0.3, -0.25) is 0 Å². The highest BCUT2D eigenvalue weighted by Gasteiger charge is 2.03. The van der Waals surface area contributed by atoms with Crippen molar-refractivity contribution in [2.24, 2.45) is 0 Å². The molecule has 4 heteroatoms. The van der Waals surface area contributed by atoms with Crippen molar-refractivity contribution in [2.75, 3.05) is 10.6 Å². The minimum atomic E-state index is 0.705. The van der Waals surface area contributed by atoms with E-state index in [-0.39, 0.29) is 0 Å². The van der Waals surface area contributed by atoms with Crippen LogP contribution >= 0.6 is 24.4 Å². The van der Waals surface area contributed by atoms with Crippen molar-refractivity contribution in [3.63, 3.8) is 0 Å². The molecule has 0 fully saturated rings. The average Bonchev–Trinajstić information content (AvgIpc) is 2.65. The van der Waals surface area contributed by atoms with Gasteiger partial charge in [0.1, 0.15) is 9.98 Å². The number of thiocarbonyl (C=S) groups is 2. The molecule has 118 valence electrons. The topological polar surface area (TPSA) is 24.1 Å². The Balaban J connectivity index is 1.63. The van der Waals surface area contributed by atoms with Crippen LogP contribution in [-0.2, 0) is 0 Å². The van der Waals surface area contributed by atoms with Crippen LogP contribution in [0.5, 0.6) is 0 Å². The van der Waals surface area contributed by atoms with Crippen molar-refractivity contribution in [1.82, 2.24) is 0 Å². The van der Waals surface area contributed by atoms with Gasteiger partial charge in [-0.25, -0.2) is 0 Å². The molecule has 0 spiro atoms. The second kappa shape index (κ2) is 7.81. The summed E-state index contributed by atoms with van der Waals surface area (Å²) >= 11 is 10.8. The zero-order chi connectivity index (χ0) is 16.8. The predicted molar refractivity (Wildman–Crippen MR) is 110 cm³/mol. The lowest BCUT2D eigenvalue weighted by Crippen LogP contribution is -2.11. The Hall–Kier alpha value is -2.56. The van der Waals surface area contributed by atoms with Gasteiger partial charge in [0.2, 0.25) is 0 Å². The third-order valence-corrected chi connectivity index (χ3v) is 4.15. The van der Waals surface area contributed by atoms with Crippen molar-refractivity contribution in [1.29, 1.82) is 0 Å². The Labute approximate surface area is 152 Å². The molecule has 2 nitrogen and oxygen atoms in total. The van der Waals surface area contributed by atoms with E-state index in [0.717, 1.165) is 22.5 Å². The first-order chi connectivity index (χ1) is 11.7. The predicted octanol–water partition coefficient (Wildman–Crippen LogP) is 5.26. The van der Waals surface area contributed by atoms with Crippen molar-refractivity contribution in [2.45, 2.75) is 0 Å². The van der Waals surface area contributed by atoms with Crippen LogP contribution < -0.4 is 10.6 Å². The van der Waals surface area contributed by atoms with Gasteiger partial charge < -0.3 is 10.6 Å². The van der Waals surface area contributed by atoms with Crippen LogP contribution in [0.15, 0.2) is 84.9 Å². The Bertz CT molecular complexity index is 756. The number of anilines is 2. The first kappa shape index (κ1) is 16.3. The van der Waals surface area contributed by atoms with Crippen LogP contribution in [0, 0.1) is 0 Å². The fourth-order valence-corrected chi connectivity index (χ4v) is 2.73. The average molecular weight is 348 g/mol. The maximum atomic E-state index is 5.42. The number of hydrogen-bond acceptors (Lipinski definition) is 2. The minimum Gasteiger partial charge on any atom is -0.346 e. The van der Waals surface area contributed by atoms with E-state index in [1.165, 1.54) is 0 Å². The summed E-state index contributed by atoms with van der Waals surface area (Å²) in [6.45, 7) is 0. The van der Waals surface area contributed by atoms with E-state index in [4.69, 9.17) is 24.4 Å². The SMILES string of the molecule is S=C(Nc1ccc(NC(=S)c2ccccc2)cc1)c1ccccc1. The van der Waals surface area contributed by atoms with Crippen LogP contribution in [0.3, 0.4) is 0 Å². The van der Waals surface area contributed by atoms with Gasteiger partial charge in [-0.15, -0.1) is 0 Å². The third kappa shape index (κ3) is 4.25. The highest BCUT2D eigenvalue weighted by molar-refractivity contribution is 7.81. The fourth-order valence-electron chi connectivity index (χ4n) is 2.22. The van der Waals surface area contributed by atoms with Crippen molar-refractivity contribution < 1.29 is 0 Å². The van der Waals surface area contributed by atoms with Gasteiger partial charge in [0.25, 0.3) is 0 Å². The van der Waals surface area contributed by atoms with Gasteiger partial charge in [-0.1, -0.05) is 85.1 Å². The molecule has 0 radical (unpaired) electrons. The van der Waals surface area contributed by atoms with Crippen molar-refractivity contribution in [3.05, 3.63) is 96.1 Å². The molecule has 0 amide bonds. The van der Waals surface area contributed by atoms with Crippen LogP contribution in [0.2, 0.25) is 0 Å². The van der Waals surface area contributed by atoms with Crippen LogP contribution in [0.25, 0.3) is 0 Å². The maximum absolute atomic E-state index is 5.42. The molecule has 24 heavy (non-hydrogen) atoms. The van der Waals surface area contributed by atoms with E-state index in [2.05, 4.69) is 10.6 Å². The molecular weight excluding hydrogens is 332 g/mol. The monoisotopic (exact) mass is 348 g/mol. The summed E-state index contributed by atoms with van der Waals surface area (Å²) < 4.78 is 0. The molecule has 0 saturated heterocycles. The number of benzene rings is 3. The molecule has 0 aromatic heterocycles. The van der Waals surface area contributed by atoms with Crippen molar-refractivity contribution >= 4 is 45.8 Å². The second-order valence-corrected chi connectivity index (χ2v) is 6.03. The van der Waals surface area contributed by atoms with Gasteiger partial charge in [0.05, 0.1) is 0 Å². The molecule has 0 aliphatic heterocycles. The van der Waals surface area contributed by atoms with Crippen LogP contribution in [-0.4, -0.2) is 9.98 Å². The van der Waals surface area contributed by atoms with Gasteiger partial charge >= 0.3 is 0 Å². The van der Waals surface area contributed by atoms with E-state index >= 15 is 0 Å². The molecule has 3 rings (SSSR count). The first-order valence-corrected chi connectivity index (χ1v) is 8.37.